The molecule has 2 fully saturated rings. The summed E-state index contributed by atoms with van der Waals surface area (Å²) in [6.07, 6.45) is 19.5. The molecule has 88 heavy (non-hydrogen) atoms. The van der Waals surface area contributed by atoms with Crippen LogP contribution in [0.4, 0.5) is 0 Å². The van der Waals surface area contributed by atoms with Crippen LogP contribution in [0.5, 0.6) is 23.0 Å². The van der Waals surface area contributed by atoms with Crippen molar-refractivity contribution in [2.24, 2.45) is 0 Å². The maximum atomic E-state index is 12.3. The van der Waals surface area contributed by atoms with Crippen molar-refractivity contribution in [1.29, 1.82) is 0 Å². The summed E-state index contributed by atoms with van der Waals surface area (Å²) in [4.78, 5) is 2.18. The summed E-state index contributed by atoms with van der Waals surface area (Å²) in [5.41, 5.74) is 11.4. The lowest BCUT2D eigenvalue weighted by Gasteiger charge is -2.34. The molecule has 2 saturated carbocycles. The average molecular weight is 1300 g/mol. The van der Waals surface area contributed by atoms with E-state index in [0.29, 0.717) is 67.0 Å². The van der Waals surface area contributed by atoms with E-state index < -0.39 is 0 Å². The number of aromatic hydroxyl groups is 4. The van der Waals surface area contributed by atoms with Gasteiger partial charge in [0.25, 0.3) is 0 Å². The first-order valence-electron chi connectivity index (χ1n) is 32.1. The topological polar surface area (TPSA) is 107 Å². The molecule has 4 aromatic carbocycles. The van der Waals surface area contributed by atoms with E-state index in [1.165, 1.54) is 73.6 Å². The minimum Gasteiger partial charge on any atom is -0.507 e. The quantitative estimate of drug-likeness (QED) is 0.0556. The van der Waals surface area contributed by atoms with Crippen molar-refractivity contribution in [2.45, 2.75) is 225 Å². The lowest BCUT2D eigenvalue weighted by atomic mass is 9.72. The molecule has 8 aromatic rings. The molecule has 2 aliphatic rings. The van der Waals surface area contributed by atoms with Crippen LogP contribution in [0.25, 0.3) is 43.5 Å². The fraction of sp³-hybridized carbons (Fsp3) is 0.474. The van der Waals surface area contributed by atoms with Gasteiger partial charge >= 0.3 is 0 Å². The van der Waals surface area contributed by atoms with E-state index in [0.717, 1.165) is 104 Å². The van der Waals surface area contributed by atoms with Gasteiger partial charge in [0, 0.05) is 87.1 Å². The number of thiophene rings is 2. The highest BCUT2D eigenvalue weighted by Crippen LogP contribution is 2.50. The van der Waals surface area contributed by atoms with Gasteiger partial charge in [0.1, 0.15) is 34.5 Å². The zero-order valence-corrected chi connectivity index (χ0v) is 58.5. The van der Waals surface area contributed by atoms with E-state index in [1.54, 1.807) is 35.2 Å². The molecular formula is C76H94O6S6. The molecule has 10 rings (SSSR count). The minimum atomic E-state index is -0.268. The zero-order chi connectivity index (χ0) is 62.4. The lowest BCUT2D eigenvalue weighted by molar-refractivity contribution is 0.373. The number of rotatable bonds is 21. The summed E-state index contributed by atoms with van der Waals surface area (Å²) in [5, 5.41) is 54.0. The Kier molecular flexibility index (Phi) is 21.8. The second kappa shape index (κ2) is 28.9. The number of phenolic OH excluding ortho intramolecular Hbond substituents is 4. The molecule has 470 valence electrons. The number of thioether (sulfide) groups is 4. The van der Waals surface area contributed by atoms with Crippen molar-refractivity contribution in [3.63, 3.8) is 0 Å². The Morgan fingerprint density at radius 2 is 0.693 bits per heavy atom. The molecule has 4 aromatic heterocycles. The highest BCUT2D eigenvalue weighted by Gasteiger charge is 2.34. The summed E-state index contributed by atoms with van der Waals surface area (Å²) < 4.78 is 11.9. The van der Waals surface area contributed by atoms with E-state index in [-0.39, 0.29) is 21.7 Å². The van der Waals surface area contributed by atoms with Crippen LogP contribution in [0.2, 0.25) is 0 Å². The van der Waals surface area contributed by atoms with Gasteiger partial charge in [-0.15, -0.1) is 22.7 Å². The third kappa shape index (κ3) is 16.2. The minimum absolute atomic E-state index is 0.0510. The van der Waals surface area contributed by atoms with Crippen LogP contribution in [0.1, 0.15) is 204 Å². The molecular weight excluding hydrogens is 1200 g/mol. The lowest BCUT2D eigenvalue weighted by Crippen LogP contribution is -2.25. The van der Waals surface area contributed by atoms with Gasteiger partial charge in [-0.2, -0.15) is 47.0 Å². The Balaban J connectivity index is 0.873. The SMILES string of the molecule is CC(C)(C)c1cc(CSC2CCCCCCC2SCc2cc(C(C)(C)CCC(C)(C)c3cc(CSC4CCCCCC[C@@H]4SCc4cc(C(C)(C)C)cc(-c5cccs5)c4O)c(O)c(-c4cccs4)c3)cc(-c3ccco3)c2O)c(O)c(-c2ccco2)c1. The van der Waals surface area contributed by atoms with Gasteiger partial charge < -0.3 is 29.3 Å². The van der Waals surface area contributed by atoms with Crippen LogP contribution in [0, 0.1) is 0 Å². The van der Waals surface area contributed by atoms with Gasteiger partial charge in [0.2, 0.25) is 0 Å². The van der Waals surface area contributed by atoms with E-state index in [9.17, 15) is 20.4 Å². The number of benzene rings is 4. The summed E-state index contributed by atoms with van der Waals surface area (Å²) in [7, 11) is 0. The number of hydrogen-bond acceptors (Lipinski definition) is 12. The molecule has 12 heteroatoms. The van der Waals surface area contributed by atoms with E-state index in [1.807, 2.05) is 71.3 Å². The normalized spacial score (nSPS) is 18.4. The molecule has 3 unspecified atom stereocenters. The van der Waals surface area contributed by atoms with Gasteiger partial charge in [-0.25, -0.2) is 0 Å². The molecule has 6 nitrogen and oxygen atoms in total. The molecule has 4 atom stereocenters. The second-order valence-corrected chi connectivity index (χ2v) is 35.0. The van der Waals surface area contributed by atoms with E-state index in [4.69, 9.17) is 8.83 Å². The Bertz CT molecular complexity index is 3290. The third-order valence-corrected chi connectivity index (χ3v) is 26.7. The maximum Gasteiger partial charge on any atom is 0.137 e. The zero-order valence-electron chi connectivity index (χ0n) is 53.6. The molecule has 0 aliphatic heterocycles. The number of hydrogen-bond donors (Lipinski definition) is 4. The van der Waals surface area contributed by atoms with Crippen molar-refractivity contribution >= 4 is 69.7 Å². The molecule has 0 spiro atoms. The smallest absolute Gasteiger partial charge is 0.137 e. The summed E-state index contributed by atoms with van der Waals surface area (Å²) in [6.45, 7) is 22.9. The van der Waals surface area contributed by atoms with Crippen LogP contribution < -0.4 is 0 Å². The first kappa shape index (κ1) is 66.4. The van der Waals surface area contributed by atoms with Crippen LogP contribution >= 0.6 is 69.7 Å². The van der Waals surface area contributed by atoms with E-state index in [2.05, 4.69) is 153 Å². The van der Waals surface area contributed by atoms with Crippen molar-refractivity contribution in [3.8, 4) is 66.5 Å². The number of phenols is 4. The monoisotopic (exact) mass is 1290 g/mol. The fourth-order valence-electron chi connectivity index (χ4n) is 12.6. The molecule has 0 saturated heterocycles. The Labute approximate surface area is 550 Å². The average Bonchev–Trinajstić information content (AvgIpc) is 1.71. The Morgan fingerprint density at radius 3 is 1.00 bits per heavy atom. The Morgan fingerprint density at radius 1 is 0.386 bits per heavy atom. The van der Waals surface area contributed by atoms with Gasteiger partial charge in [-0.3, -0.25) is 0 Å². The second-order valence-electron chi connectivity index (χ2n) is 28.2. The summed E-state index contributed by atoms with van der Waals surface area (Å²) in [5.74, 6) is 5.62. The molecule has 4 heterocycles. The summed E-state index contributed by atoms with van der Waals surface area (Å²) in [6, 6.07) is 33.8. The van der Waals surface area contributed by atoms with Gasteiger partial charge in [-0.1, -0.05) is 157 Å². The largest absolute Gasteiger partial charge is 0.507 e. The maximum absolute atomic E-state index is 12.3. The van der Waals surface area contributed by atoms with Crippen LogP contribution in [-0.4, -0.2) is 41.4 Å². The molecule has 4 N–H and O–H groups in total. The first-order valence-corrected chi connectivity index (χ1v) is 38.1. The molecule has 0 amide bonds. The predicted molar refractivity (Wildman–Crippen MR) is 383 cm³/mol. The van der Waals surface area contributed by atoms with Crippen molar-refractivity contribution < 1.29 is 29.3 Å². The van der Waals surface area contributed by atoms with Crippen LogP contribution in [-0.2, 0) is 44.7 Å². The van der Waals surface area contributed by atoms with Crippen molar-refractivity contribution in [1.82, 2.24) is 0 Å². The standard InChI is InChI=1S/C76H94O6S6/c1-73(2,3)53-37-49(69(77)57(41-53)61-23-19-33-81-61)45-85-65-25-15-11-13-17-27-67(65)87-47-51-39-55(43-58(70(51)78)62-24-20-34-82-62)75(7,8)31-32-76(9,10)56-40-52(72(80)60(44-56)64-30-22-36-84-64)48-88-68-28-18-14-12-16-26-66(68)86-46-50-38-54(74(4,5)6)42-59(71(50)79)63-29-21-35-83-63/h19-24,29-30,33-44,65-68,77-80H,11-18,25-28,31-32,45-48H2,1-10H3/t65?,66-,67?,68?/m0/s1. The Hall–Kier alpha value is -4.56. The van der Waals surface area contributed by atoms with E-state index >= 15 is 0 Å². The fourth-order valence-corrected chi connectivity index (χ4v) is 20.3. The van der Waals surface area contributed by atoms with Gasteiger partial charge in [0.05, 0.1) is 23.7 Å². The van der Waals surface area contributed by atoms with Gasteiger partial charge in [-0.05, 0) is 154 Å². The molecule has 0 bridgehead atoms. The summed E-state index contributed by atoms with van der Waals surface area (Å²) >= 11 is 11.4. The van der Waals surface area contributed by atoms with Crippen LogP contribution in [0.15, 0.2) is 129 Å². The van der Waals surface area contributed by atoms with Crippen molar-refractivity contribution in [3.05, 3.63) is 165 Å². The molecule has 2 aliphatic carbocycles. The highest BCUT2D eigenvalue weighted by atomic mass is 32.2. The number of furan rings is 2. The first-order chi connectivity index (χ1) is 42.0. The molecule has 0 radical (unpaired) electrons. The predicted octanol–water partition coefficient (Wildman–Crippen LogP) is 23.6. The third-order valence-electron chi connectivity index (χ3n) is 18.7. The van der Waals surface area contributed by atoms with Crippen LogP contribution in [0.3, 0.4) is 0 Å². The van der Waals surface area contributed by atoms with Crippen molar-refractivity contribution in [2.75, 3.05) is 0 Å². The van der Waals surface area contributed by atoms with Gasteiger partial charge in [0.15, 0.2) is 0 Å². The highest BCUT2D eigenvalue weighted by molar-refractivity contribution is 8.03.